The van der Waals surface area contributed by atoms with Gasteiger partial charge in [0.05, 0.1) is 18.8 Å². The molecule has 0 aliphatic heterocycles. The van der Waals surface area contributed by atoms with Crippen LogP contribution in [-0.4, -0.2) is 12.9 Å². The van der Waals surface area contributed by atoms with Gasteiger partial charge >= 0.3 is 0 Å². The molecule has 4 aromatic rings. The van der Waals surface area contributed by atoms with E-state index in [0.29, 0.717) is 6.42 Å². The van der Waals surface area contributed by atoms with E-state index < -0.39 is 0 Å². The smallest absolute Gasteiger partial charge is 0.167 e. The van der Waals surface area contributed by atoms with Crippen LogP contribution in [0.15, 0.2) is 96.8 Å². The molecule has 0 saturated carbocycles. The maximum absolute atomic E-state index is 13.4. The zero-order valence-corrected chi connectivity index (χ0v) is 16.3. The largest absolute Gasteiger partial charge is 0.501 e. The minimum atomic E-state index is -0.231. The number of hydrogen-bond acceptors (Lipinski definition) is 2. The molecule has 2 atom stereocenters. The molecular formula is C27H22O2. The molecule has 0 fully saturated rings. The Hall–Kier alpha value is -3.39. The standard InChI is InChI=1S/C27H22O2/c1-29-20-16-25(23-14-6-10-18-8-2-4-12-21(18)23)27(26(28)17-20)24-15-7-11-19-9-3-5-13-22(19)24/h2-15,17,25,27H,16H2,1H3. The molecule has 1 aliphatic carbocycles. The summed E-state index contributed by atoms with van der Waals surface area (Å²) in [4.78, 5) is 13.4. The van der Waals surface area contributed by atoms with Crippen LogP contribution in [0.5, 0.6) is 0 Å². The van der Waals surface area contributed by atoms with Crippen LogP contribution in [0.2, 0.25) is 0 Å². The van der Waals surface area contributed by atoms with Gasteiger partial charge in [0.1, 0.15) is 0 Å². The number of hydrogen-bond donors (Lipinski definition) is 0. The Labute approximate surface area is 170 Å². The van der Waals surface area contributed by atoms with Gasteiger partial charge in [-0.15, -0.1) is 0 Å². The number of ketones is 1. The monoisotopic (exact) mass is 378 g/mol. The maximum Gasteiger partial charge on any atom is 0.167 e. The highest BCUT2D eigenvalue weighted by Crippen LogP contribution is 2.45. The number of carbonyl (C=O) groups excluding carboxylic acids is 1. The third-order valence-electron chi connectivity index (χ3n) is 6.08. The molecule has 142 valence electrons. The highest BCUT2D eigenvalue weighted by atomic mass is 16.5. The first-order valence-electron chi connectivity index (χ1n) is 10.00. The highest BCUT2D eigenvalue weighted by Gasteiger charge is 2.36. The summed E-state index contributed by atoms with van der Waals surface area (Å²) in [6.45, 7) is 0. The third kappa shape index (κ3) is 3.01. The predicted molar refractivity (Wildman–Crippen MR) is 118 cm³/mol. The van der Waals surface area contributed by atoms with E-state index in [2.05, 4.69) is 72.8 Å². The average Bonchev–Trinajstić information content (AvgIpc) is 2.78. The number of ether oxygens (including phenoxy) is 1. The fourth-order valence-corrected chi connectivity index (χ4v) is 4.74. The van der Waals surface area contributed by atoms with Crippen molar-refractivity contribution >= 4 is 27.3 Å². The Morgan fingerprint density at radius 3 is 1.93 bits per heavy atom. The van der Waals surface area contributed by atoms with Gasteiger partial charge in [-0.1, -0.05) is 84.9 Å². The van der Waals surface area contributed by atoms with E-state index in [1.807, 2.05) is 12.1 Å². The van der Waals surface area contributed by atoms with Crippen LogP contribution in [0, 0.1) is 0 Å². The lowest BCUT2D eigenvalue weighted by atomic mass is 9.71. The first-order valence-corrected chi connectivity index (χ1v) is 10.00. The molecule has 4 aromatic carbocycles. The molecule has 5 rings (SSSR count). The molecule has 0 radical (unpaired) electrons. The van der Waals surface area contributed by atoms with Crippen LogP contribution < -0.4 is 0 Å². The number of rotatable bonds is 3. The minimum absolute atomic E-state index is 0.0272. The van der Waals surface area contributed by atoms with Gasteiger partial charge in [0.2, 0.25) is 0 Å². The van der Waals surface area contributed by atoms with Gasteiger partial charge < -0.3 is 4.74 Å². The average molecular weight is 378 g/mol. The van der Waals surface area contributed by atoms with Crippen LogP contribution in [0.3, 0.4) is 0 Å². The quantitative estimate of drug-likeness (QED) is 0.414. The van der Waals surface area contributed by atoms with Crippen molar-refractivity contribution in [2.45, 2.75) is 18.3 Å². The van der Waals surface area contributed by atoms with Crippen molar-refractivity contribution < 1.29 is 9.53 Å². The number of fused-ring (bicyclic) bond motifs is 2. The Bertz CT molecular complexity index is 1240. The van der Waals surface area contributed by atoms with Crippen LogP contribution in [0.1, 0.15) is 29.4 Å². The fraction of sp³-hybridized carbons (Fsp3) is 0.148. The Morgan fingerprint density at radius 2 is 1.28 bits per heavy atom. The third-order valence-corrected chi connectivity index (χ3v) is 6.08. The second-order valence-corrected chi connectivity index (χ2v) is 7.64. The Morgan fingerprint density at radius 1 is 0.724 bits per heavy atom. The molecule has 2 heteroatoms. The lowest BCUT2D eigenvalue weighted by molar-refractivity contribution is -0.117. The van der Waals surface area contributed by atoms with E-state index >= 15 is 0 Å². The molecule has 0 aromatic heterocycles. The summed E-state index contributed by atoms with van der Waals surface area (Å²) < 4.78 is 5.54. The first kappa shape index (κ1) is 17.7. The van der Waals surface area contributed by atoms with Gasteiger partial charge in [-0.2, -0.15) is 0 Å². The van der Waals surface area contributed by atoms with E-state index in [-0.39, 0.29) is 17.6 Å². The second-order valence-electron chi connectivity index (χ2n) is 7.64. The van der Waals surface area contributed by atoms with Gasteiger partial charge in [0.15, 0.2) is 5.78 Å². The molecule has 0 spiro atoms. The van der Waals surface area contributed by atoms with E-state index in [1.165, 1.54) is 16.3 Å². The number of benzene rings is 4. The van der Waals surface area contributed by atoms with Crippen LogP contribution in [0.25, 0.3) is 21.5 Å². The van der Waals surface area contributed by atoms with Crippen LogP contribution in [-0.2, 0) is 9.53 Å². The molecule has 0 heterocycles. The highest BCUT2D eigenvalue weighted by molar-refractivity contribution is 6.02. The number of methoxy groups -OCH3 is 1. The first-order chi connectivity index (χ1) is 14.3. The summed E-state index contributed by atoms with van der Waals surface area (Å²) in [6, 6.07) is 29.4. The Balaban J connectivity index is 1.75. The molecule has 1 aliphatic rings. The van der Waals surface area contributed by atoms with Crippen molar-refractivity contribution in [1.29, 1.82) is 0 Å². The van der Waals surface area contributed by atoms with Crippen molar-refractivity contribution in [3.63, 3.8) is 0 Å². The summed E-state index contributed by atoms with van der Waals surface area (Å²) in [7, 11) is 1.65. The summed E-state index contributed by atoms with van der Waals surface area (Å²) in [5.74, 6) is 0.664. The molecule has 0 N–H and O–H groups in total. The van der Waals surface area contributed by atoms with E-state index in [0.717, 1.165) is 22.1 Å². The molecule has 0 bridgehead atoms. The second kappa shape index (κ2) is 7.21. The summed E-state index contributed by atoms with van der Waals surface area (Å²) in [5, 5.41) is 4.71. The molecule has 0 amide bonds. The van der Waals surface area contributed by atoms with Gasteiger partial charge in [-0.05, 0) is 32.7 Å². The van der Waals surface area contributed by atoms with Crippen molar-refractivity contribution in [1.82, 2.24) is 0 Å². The van der Waals surface area contributed by atoms with E-state index in [4.69, 9.17) is 4.74 Å². The van der Waals surface area contributed by atoms with Crippen LogP contribution >= 0.6 is 0 Å². The van der Waals surface area contributed by atoms with Crippen molar-refractivity contribution in [3.05, 3.63) is 108 Å². The lowest BCUT2D eigenvalue weighted by Gasteiger charge is -2.32. The van der Waals surface area contributed by atoms with Gasteiger partial charge in [0, 0.05) is 18.4 Å². The number of carbonyl (C=O) groups is 1. The maximum atomic E-state index is 13.4. The van der Waals surface area contributed by atoms with Gasteiger partial charge in [-0.25, -0.2) is 0 Å². The molecule has 2 unspecified atom stereocenters. The molecule has 2 nitrogen and oxygen atoms in total. The lowest BCUT2D eigenvalue weighted by Crippen LogP contribution is -2.25. The molecular weight excluding hydrogens is 356 g/mol. The van der Waals surface area contributed by atoms with Crippen molar-refractivity contribution in [2.24, 2.45) is 0 Å². The molecule has 29 heavy (non-hydrogen) atoms. The predicted octanol–water partition coefficient (Wildman–Crippen LogP) is 6.36. The topological polar surface area (TPSA) is 26.3 Å². The van der Waals surface area contributed by atoms with E-state index in [9.17, 15) is 4.79 Å². The van der Waals surface area contributed by atoms with Crippen LogP contribution in [0.4, 0.5) is 0 Å². The zero-order chi connectivity index (χ0) is 19.8. The van der Waals surface area contributed by atoms with Crippen molar-refractivity contribution in [3.8, 4) is 0 Å². The fourth-order valence-electron chi connectivity index (χ4n) is 4.74. The normalized spacial score (nSPS) is 19.3. The SMILES string of the molecule is COC1=CC(=O)C(c2cccc3ccccc23)C(c2cccc3ccccc23)C1. The van der Waals surface area contributed by atoms with Crippen molar-refractivity contribution in [2.75, 3.05) is 7.11 Å². The minimum Gasteiger partial charge on any atom is -0.501 e. The van der Waals surface area contributed by atoms with Gasteiger partial charge in [-0.3, -0.25) is 4.79 Å². The summed E-state index contributed by atoms with van der Waals surface area (Å²) in [6.07, 6.45) is 2.40. The molecule has 0 saturated heterocycles. The number of allylic oxidation sites excluding steroid dienone is 2. The Kier molecular flexibility index (Phi) is 4.40. The summed E-state index contributed by atoms with van der Waals surface area (Å²) >= 11 is 0. The zero-order valence-electron chi connectivity index (χ0n) is 16.3. The summed E-state index contributed by atoms with van der Waals surface area (Å²) in [5.41, 5.74) is 2.30. The van der Waals surface area contributed by atoms with E-state index in [1.54, 1.807) is 13.2 Å². The van der Waals surface area contributed by atoms with Gasteiger partial charge in [0.25, 0.3) is 0 Å².